The average Bonchev–Trinajstić information content (AvgIpc) is 3.12. The number of aromatic nitrogens is 2. The molecule has 118 valence electrons. The number of rotatable bonds is 2. The molecule has 0 saturated heterocycles. The second kappa shape index (κ2) is 5.80. The van der Waals surface area contributed by atoms with Crippen LogP contribution < -0.4 is 0 Å². The van der Waals surface area contributed by atoms with Gasteiger partial charge in [0, 0.05) is 22.7 Å². The van der Waals surface area contributed by atoms with Gasteiger partial charge in [0.25, 0.3) is 0 Å². The molecule has 2 nitrogen and oxygen atoms in total. The van der Waals surface area contributed by atoms with E-state index in [9.17, 15) is 0 Å². The van der Waals surface area contributed by atoms with Crippen LogP contribution in [0.5, 0.6) is 0 Å². The molecular formula is C22H14N2S. The lowest BCUT2D eigenvalue weighted by Crippen LogP contribution is -1.86. The average molecular weight is 338 g/mol. The molecule has 5 aromatic rings. The lowest BCUT2D eigenvalue weighted by atomic mass is 10.0. The monoisotopic (exact) mass is 338 g/mol. The summed E-state index contributed by atoms with van der Waals surface area (Å²) in [6, 6.07) is 27.2. The molecule has 0 amide bonds. The van der Waals surface area contributed by atoms with Crippen molar-refractivity contribution in [2.24, 2.45) is 0 Å². The molecule has 0 saturated carbocycles. The molecule has 0 unspecified atom stereocenters. The summed E-state index contributed by atoms with van der Waals surface area (Å²) in [4.78, 5) is 9.34. The van der Waals surface area contributed by atoms with Gasteiger partial charge in [-0.25, -0.2) is 4.98 Å². The minimum Gasteiger partial charge on any atom is -0.256 e. The first kappa shape index (κ1) is 14.3. The highest BCUT2D eigenvalue weighted by atomic mass is 32.1. The fourth-order valence-corrected chi connectivity index (χ4v) is 4.09. The van der Waals surface area contributed by atoms with E-state index in [1.165, 1.54) is 15.5 Å². The van der Waals surface area contributed by atoms with Gasteiger partial charge in [0.15, 0.2) is 0 Å². The van der Waals surface area contributed by atoms with Crippen molar-refractivity contribution in [1.82, 2.24) is 9.97 Å². The van der Waals surface area contributed by atoms with Crippen LogP contribution in [0.15, 0.2) is 85.1 Å². The van der Waals surface area contributed by atoms with Gasteiger partial charge in [-0.2, -0.15) is 0 Å². The first-order valence-electron chi connectivity index (χ1n) is 8.19. The Morgan fingerprint density at radius 2 is 1.44 bits per heavy atom. The molecule has 5 rings (SSSR count). The van der Waals surface area contributed by atoms with Crippen LogP contribution in [0.1, 0.15) is 0 Å². The quantitative estimate of drug-likeness (QED) is 0.384. The standard InChI is InChI=1S/C22H14N2S/c1-2-6-18-15(5-1)13-14-23-21(18)16-9-11-17(12-10-16)22-24-19-7-3-4-8-20(19)25-22/h1-14H. The summed E-state index contributed by atoms with van der Waals surface area (Å²) in [6.07, 6.45) is 1.87. The van der Waals surface area contributed by atoms with Crippen molar-refractivity contribution in [3.8, 4) is 21.8 Å². The Balaban J connectivity index is 1.59. The van der Waals surface area contributed by atoms with Crippen LogP contribution in [0, 0.1) is 0 Å². The first-order valence-corrected chi connectivity index (χ1v) is 9.00. The van der Waals surface area contributed by atoms with Crippen LogP contribution >= 0.6 is 11.3 Å². The number of fused-ring (bicyclic) bond motifs is 2. The lowest BCUT2D eigenvalue weighted by molar-refractivity contribution is 1.36. The van der Waals surface area contributed by atoms with Gasteiger partial charge in [-0.3, -0.25) is 4.98 Å². The Labute approximate surface area is 149 Å². The van der Waals surface area contributed by atoms with Gasteiger partial charge < -0.3 is 0 Å². The summed E-state index contributed by atoms with van der Waals surface area (Å²) < 4.78 is 1.22. The normalized spacial score (nSPS) is 11.2. The molecule has 0 aliphatic carbocycles. The molecule has 0 radical (unpaired) electrons. The second-order valence-electron chi connectivity index (χ2n) is 5.94. The van der Waals surface area contributed by atoms with E-state index in [0.29, 0.717) is 0 Å². The summed E-state index contributed by atoms with van der Waals surface area (Å²) in [7, 11) is 0. The number of para-hydroxylation sites is 1. The van der Waals surface area contributed by atoms with Gasteiger partial charge >= 0.3 is 0 Å². The molecule has 0 atom stereocenters. The third-order valence-electron chi connectivity index (χ3n) is 4.37. The van der Waals surface area contributed by atoms with Crippen molar-refractivity contribution in [2.45, 2.75) is 0 Å². The summed E-state index contributed by atoms with van der Waals surface area (Å²) in [5.41, 5.74) is 4.35. The SMILES string of the molecule is c1ccc2c(-c3ccc(-c4nc5ccccc5s4)cc3)nccc2c1. The van der Waals surface area contributed by atoms with E-state index in [2.05, 4.69) is 71.7 Å². The molecular weight excluding hydrogens is 324 g/mol. The number of benzene rings is 3. The van der Waals surface area contributed by atoms with E-state index in [0.717, 1.165) is 27.3 Å². The van der Waals surface area contributed by atoms with Crippen LogP contribution in [0.2, 0.25) is 0 Å². The Kier molecular flexibility index (Phi) is 3.32. The molecule has 0 aliphatic rings. The molecule has 3 aromatic carbocycles. The van der Waals surface area contributed by atoms with E-state index >= 15 is 0 Å². The van der Waals surface area contributed by atoms with Gasteiger partial charge in [0.05, 0.1) is 15.9 Å². The summed E-state index contributed by atoms with van der Waals surface area (Å²) in [6.45, 7) is 0. The minimum absolute atomic E-state index is 1.02. The molecule has 0 bridgehead atoms. The number of pyridine rings is 1. The van der Waals surface area contributed by atoms with Crippen LogP contribution in [0.4, 0.5) is 0 Å². The molecule has 0 N–H and O–H groups in total. The molecule has 3 heteroatoms. The highest BCUT2D eigenvalue weighted by molar-refractivity contribution is 7.21. The molecule has 0 spiro atoms. The predicted octanol–water partition coefficient (Wildman–Crippen LogP) is 6.18. The third-order valence-corrected chi connectivity index (χ3v) is 5.46. The number of hydrogen-bond donors (Lipinski definition) is 0. The van der Waals surface area contributed by atoms with Gasteiger partial charge in [-0.1, -0.05) is 60.7 Å². The smallest absolute Gasteiger partial charge is 0.124 e. The third kappa shape index (κ3) is 2.49. The fourth-order valence-electron chi connectivity index (χ4n) is 3.12. The topological polar surface area (TPSA) is 25.8 Å². The Morgan fingerprint density at radius 3 is 2.32 bits per heavy atom. The van der Waals surface area contributed by atoms with Gasteiger partial charge in [0.2, 0.25) is 0 Å². The van der Waals surface area contributed by atoms with E-state index in [-0.39, 0.29) is 0 Å². The zero-order valence-electron chi connectivity index (χ0n) is 13.4. The van der Waals surface area contributed by atoms with Crippen LogP contribution in [0.25, 0.3) is 42.8 Å². The Hall–Kier alpha value is -3.04. The fraction of sp³-hybridized carbons (Fsp3) is 0. The summed E-state index contributed by atoms with van der Waals surface area (Å²) >= 11 is 1.73. The van der Waals surface area contributed by atoms with Crippen LogP contribution in [-0.4, -0.2) is 9.97 Å². The van der Waals surface area contributed by atoms with E-state index in [1.807, 2.05) is 18.3 Å². The Bertz CT molecular complexity index is 1150. The number of nitrogens with zero attached hydrogens (tertiary/aromatic N) is 2. The van der Waals surface area contributed by atoms with Crippen molar-refractivity contribution < 1.29 is 0 Å². The van der Waals surface area contributed by atoms with Crippen molar-refractivity contribution in [1.29, 1.82) is 0 Å². The van der Waals surface area contributed by atoms with Crippen molar-refractivity contribution in [3.05, 3.63) is 85.1 Å². The van der Waals surface area contributed by atoms with Crippen LogP contribution in [-0.2, 0) is 0 Å². The number of thiazole rings is 1. The number of hydrogen-bond acceptors (Lipinski definition) is 3. The molecule has 0 fully saturated rings. The summed E-state index contributed by atoms with van der Waals surface area (Å²) in [5, 5.41) is 3.44. The molecule has 2 aromatic heterocycles. The predicted molar refractivity (Wildman–Crippen MR) is 106 cm³/mol. The van der Waals surface area contributed by atoms with Crippen molar-refractivity contribution in [2.75, 3.05) is 0 Å². The lowest BCUT2D eigenvalue weighted by Gasteiger charge is -2.06. The van der Waals surface area contributed by atoms with Crippen LogP contribution in [0.3, 0.4) is 0 Å². The largest absolute Gasteiger partial charge is 0.256 e. The van der Waals surface area contributed by atoms with E-state index < -0.39 is 0 Å². The van der Waals surface area contributed by atoms with E-state index in [4.69, 9.17) is 4.98 Å². The maximum atomic E-state index is 4.74. The van der Waals surface area contributed by atoms with E-state index in [1.54, 1.807) is 11.3 Å². The second-order valence-corrected chi connectivity index (χ2v) is 6.98. The minimum atomic E-state index is 1.02. The molecule has 25 heavy (non-hydrogen) atoms. The maximum absolute atomic E-state index is 4.74. The summed E-state index contributed by atoms with van der Waals surface area (Å²) in [5.74, 6) is 0. The highest BCUT2D eigenvalue weighted by Gasteiger charge is 2.08. The van der Waals surface area contributed by atoms with Gasteiger partial charge in [-0.15, -0.1) is 11.3 Å². The zero-order chi connectivity index (χ0) is 16.6. The molecule has 2 heterocycles. The highest BCUT2D eigenvalue weighted by Crippen LogP contribution is 2.32. The maximum Gasteiger partial charge on any atom is 0.124 e. The van der Waals surface area contributed by atoms with Crippen molar-refractivity contribution >= 4 is 32.3 Å². The van der Waals surface area contributed by atoms with Crippen molar-refractivity contribution in [3.63, 3.8) is 0 Å². The van der Waals surface area contributed by atoms with Gasteiger partial charge in [-0.05, 0) is 23.6 Å². The molecule has 0 aliphatic heterocycles. The van der Waals surface area contributed by atoms with Gasteiger partial charge in [0.1, 0.15) is 5.01 Å². The first-order chi connectivity index (χ1) is 12.4. The zero-order valence-corrected chi connectivity index (χ0v) is 14.2. The Morgan fingerprint density at radius 1 is 0.680 bits per heavy atom.